The molecule has 1 aromatic carbocycles. The zero-order chi connectivity index (χ0) is 13.5. The molecule has 1 unspecified atom stereocenters. The second-order valence-electron chi connectivity index (χ2n) is 3.81. The zero-order valence-corrected chi connectivity index (χ0v) is 11.9. The van der Waals surface area contributed by atoms with Crippen molar-refractivity contribution in [2.45, 2.75) is 13.0 Å². The fourth-order valence-corrected chi connectivity index (χ4v) is 1.69. The first-order valence-corrected chi connectivity index (χ1v) is 6.29. The van der Waals surface area contributed by atoms with Crippen LogP contribution in [0, 0.1) is 0 Å². The van der Waals surface area contributed by atoms with Gasteiger partial charge in [-0.1, -0.05) is 15.9 Å². The second kappa shape index (κ2) is 7.18. The molecule has 0 bridgehead atoms. The van der Waals surface area contributed by atoms with Gasteiger partial charge in [0.15, 0.2) is 0 Å². The van der Waals surface area contributed by atoms with Crippen LogP contribution in [0.1, 0.15) is 12.5 Å². The highest BCUT2D eigenvalue weighted by Gasteiger charge is 2.02. The number of hydrogen-bond donors (Lipinski definition) is 2. The summed E-state index contributed by atoms with van der Waals surface area (Å²) >= 11 is 3.36. The molecule has 0 spiro atoms. The van der Waals surface area contributed by atoms with Crippen LogP contribution < -0.4 is 10.1 Å². The number of ether oxygens (including phenoxy) is 1. The Morgan fingerprint density at radius 1 is 1.61 bits per heavy atom. The van der Waals surface area contributed by atoms with Crippen LogP contribution in [-0.4, -0.2) is 30.8 Å². The number of carbonyl (C=O) groups excluding carboxylic acids is 1. The quantitative estimate of drug-likeness (QED) is 0.817. The number of aliphatic hydroxyl groups excluding tert-OH is 1. The van der Waals surface area contributed by atoms with Crippen molar-refractivity contribution in [3.8, 4) is 5.75 Å². The maximum atomic E-state index is 11.4. The van der Waals surface area contributed by atoms with Crippen molar-refractivity contribution in [2.75, 3.05) is 13.7 Å². The molecule has 1 atom stereocenters. The van der Waals surface area contributed by atoms with Gasteiger partial charge in [-0.05, 0) is 31.2 Å². The molecule has 0 aliphatic carbocycles. The molecule has 18 heavy (non-hydrogen) atoms. The van der Waals surface area contributed by atoms with Gasteiger partial charge in [0.2, 0.25) is 5.91 Å². The van der Waals surface area contributed by atoms with Crippen molar-refractivity contribution in [1.82, 2.24) is 5.32 Å². The maximum Gasteiger partial charge on any atom is 0.244 e. The first-order chi connectivity index (χ1) is 8.52. The van der Waals surface area contributed by atoms with Crippen LogP contribution in [0.5, 0.6) is 5.75 Å². The summed E-state index contributed by atoms with van der Waals surface area (Å²) in [4.78, 5) is 11.4. The van der Waals surface area contributed by atoms with Crippen molar-refractivity contribution in [3.05, 3.63) is 34.3 Å². The van der Waals surface area contributed by atoms with E-state index in [0.717, 1.165) is 10.0 Å². The highest BCUT2D eigenvalue weighted by atomic mass is 79.9. The molecule has 5 heteroatoms. The Morgan fingerprint density at radius 3 is 2.94 bits per heavy atom. The van der Waals surface area contributed by atoms with Crippen LogP contribution in [0.4, 0.5) is 0 Å². The highest BCUT2D eigenvalue weighted by molar-refractivity contribution is 9.10. The van der Waals surface area contributed by atoms with Crippen LogP contribution in [0.2, 0.25) is 0 Å². The van der Waals surface area contributed by atoms with E-state index in [1.807, 2.05) is 18.2 Å². The number of amides is 1. The number of aliphatic hydroxyl groups is 1. The molecule has 0 aliphatic heterocycles. The van der Waals surface area contributed by atoms with Crippen molar-refractivity contribution in [1.29, 1.82) is 0 Å². The smallest absolute Gasteiger partial charge is 0.244 e. The first-order valence-electron chi connectivity index (χ1n) is 5.50. The maximum absolute atomic E-state index is 11.4. The third kappa shape index (κ3) is 4.89. The number of methoxy groups -OCH3 is 1. The zero-order valence-electron chi connectivity index (χ0n) is 10.3. The van der Waals surface area contributed by atoms with Crippen molar-refractivity contribution in [2.24, 2.45) is 0 Å². The predicted molar refractivity (Wildman–Crippen MR) is 74.4 cm³/mol. The SMILES string of the molecule is COc1ccc(Br)cc1/C=C/C(=O)NCC(C)O. The van der Waals surface area contributed by atoms with Crippen LogP contribution in [0.15, 0.2) is 28.7 Å². The number of carbonyl (C=O) groups is 1. The average Bonchev–Trinajstić information content (AvgIpc) is 2.34. The number of nitrogens with one attached hydrogen (secondary N) is 1. The summed E-state index contributed by atoms with van der Waals surface area (Å²) in [6, 6.07) is 5.54. The van der Waals surface area contributed by atoms with Gasteiger partial charge < -0.3 is 15.2 Å². The molecule has 0 aliphatic rings. The molecule has 0 fully saturated rings. The Morgan fingerprint density at radius 2 is 2.33 bits per heavy atom. The van der Waals surface area contributed by atoms with Crippen LogP contribution >= 0.6 is 15.9 Å². The molecule has 1 rings (SSSR count). The summed E-state index contributed by atoms with van der Waals surface area (Å²) in [6.07, 6.45) is 2.52. The summed E-state index contributed by atoms with van der Waals surface area (Å²) in [6.45, 7) is 1.85. The van der Waals surface area contributed by atoms with E-state index in [-0.39, 0.29) is 12.5 Å². The number of benzene rings is 1. The predicted octanol–water partition coefficient (Wildman–Crippen LogP) is 1.97. The van der Waals surface area contributed by atoms with E-state index in [2.05, 4.69) is 21.2 Å². The second-order valence-corrected chi connectivity index (χ2v) is 4.73. The van der Waals surface area contributed by atoms with Gasteiger partial charge in [-0.2, -0.15) is 0 Å². The summed E-state index contributed by atoms with van der Waals surface area (Å²) in [5.74, 6) is 0.440. The fourth-order valence-electron chi connectivity index (χ4n) is 1.31. The molecule has 2 N–H and O–H groups in total. The summed E-state index contributed by atoms with van der Waals surface area (Å²) in [7, 11) is 1.58. The Labute approximate surface area is 115 Å². The lowest BCUT2D eigenvalue weighted by atomic mass is 10.2. The topological polar surface area (TPSA) is 58.6 Å². The minimum absolute atomic E-state index is 0.235. The highest BCUT2D eigenvalue weighted by Crippen LogP contribution is 2.23. The van der Waals surface area contributed by atoms with E-state index in [1.165, 1.54) is 6.08 Å². The van der Waals surface area contributed by atoms with E-state index < -0.39 is 6.10 Å². The molecule has 4 nitrogen and oxygen atoms in total. The monoisotopic (exact) mass is 313 g/mol. The fraction of sp³-hybridized carbons (Fsp3) is 0.308. The van der Waals surface area contributed by atoms with Crippen molar-refractivity contribution in [3.63, 3.8) is 0 Å². The van der Waals surface area contributed by atoms with Gasteiger partial charge in [0.1, 0.15) is 5.75 Å². The van der Waals surface area contributed by atoms with E-state index in [4.69, 9.17) is 9.84 Å². The van der Waals surface area contributed by atoms with Gasteiger partial charge in [-0.15, -0.1) is 0 Å². The van der Waals surface area contributed by atoms with Crippen LogP contribution in [0.25, 0.3) is 6.08 Å². The molecular weight excluding hydrogens is 298 g/mol. The number of rotatable bonds is 5. The molecule has 0 saturated carbocycles. The lowest BCUT2D eigenvalue weighted by molar-refractivity contribution is -0.116. The molecule has 0 aromatic heterocycles. The third-order valence-electron chi connectivity index (χ3n) is 2.18. The molecule has 0 radical (unpaired) electrons. The van der Waals surface area contributed by atoms with Crippen LogP contribution in [0.3, 0.4) is 0 Å². The number of halogens is 1. The standard InChI is InChI=1S/C13H16BrNO3/c1-9(16)8-15-13(17)6-3-10-7-11(14)4-5-12(10)18-2/h3-7,9,16H,8H2,1-2H3,(H,15,17)/b6-3+. The van der Waals surface area contributed by atoms with Crippen molar-refractivity contribution >= 4 is 27.9 Å². The van der Waals surface area contributed by atoms with Crippen molar-refractivity contribution < 1.29 is 14.6 Å². The van der Waals surface area contributed by atoms with E-state index in [0.29, 0.717) is 5.75 Å². The number of hydrogen-bond acceptors (Lipinski definition) is 3. The molecule has 98 valence electrons. The molecular formula is C13H16BrNO3. The summed E-state index contributed by atoms with van der Waals surface area (Å²) < 4.78 is 6.10. The molecule has 1 amide bonds. The molecule has 0 saturated heterocycles. The minimum atomic E-state index is -0.553. The third-order valence-corrected chi connectivity index (χ3v) is 2.67. The minimum Gasteiger partial charge on any atom is -0.496 e. The largest absolute Gasteiger partial charge is 0.496 e. The van der Waals surface area contributed by atoms with Gasteiger partial charge in [-0.25, -0.2) is 0 Å². The van der Waals surface area contributed by atoms with Gasteiger partial charge in [0.05, 0.1) is 13.2 Å². The summed E-state index contributed by atoms with van der Waals surface area (Å²) in [5.41, 5.74) is 0.805. The van der Waals surface area contributed by atoms with E-state index in [9.17, 15) is 4.79 Å². The average molecular weight is 314 g/mol. The first kappa shape index (κ1) is 14.7. The molecule has 1 aromatic rings. The summed E-state index contributed by atoms with van der Waals surface area (Å²) in [5, 5.41) is 11.6. The van der Waals surface area contributed by atoms with E-state index >= 15 is 0 Å². The lowest BCUT2D eigenvalue weighted by Crippen LogP contribution is -2.28. The van der Waals surface area contributed by atoms with Gasteiger partial charge in [-0.3, -0.25) is 4.79 Å². The normalized spacial score (nSPS) is 12.4. The Hall–Kier alpha value is -1.33. The van der Waals surface area contributed by atoms with Gasteiger partial charge in [0, 0.05) is 22.7 Å². The Bertz CT molecular complexity index is 444. The van der Waals surface area contributed by atoms with Gasteiger partial charge >= 0.3 is 0 Å². The Balaban J connectivity index is 2.71. The van der Waals surface area contributed by atoms with Gasteiger partial charge in [0.25, 0.3) is 0 Å². The van der Waals surface area contributed by atoms with E-state index in [1.54, 1.807) is 20.1 Å². The lowest BCUT2D eigenvalue weighted by Gasteiger charge is -2.06. The Kier molecular flexibility index (Phi) is 5.88. The van der Waals surface area contributed by atoms with Crippen LogP contribution in [-0.2, 0) is 4.79 Å². The molecule has 0 heterocycles.